The molecule has 2 aromatic carbocycles. The Kier molecular flexibility index (Phi) is 5.62. The minimum atomic E-state index is -0.611. The molecule has 1 aliphatic heterocycles. The molecule has 1 N–H and O–H groups in total. The molecule has 156 valence electrons. The number of benzene rings is 2. The Hall–Kier alpha value is -3.08. The topological polar surface area (TPSA) is 66.8 Å². The average Bonchev–Trinajstić information content (AvgIpc) is 3.37. The molecule has 1 amide bonds. The number of ether oxygens (including phenoxy) is 1. The third-order valence-electron chi connectivity index (χ3n) is 6.06. The van der Waals surface area contributed by atoms with E-state index in [2.05, 4.69) is 0 Å². The molecule has 1 aliphatic carbocycles. The van der Waals surface area contributed by atoms with Crippen LogP contribution >= 0.6 is 0 Å². The fourth-order valence-corrected chi connectivity index (χ4v) is 4.64. The largest absolute Gasteiger partial charge is 0.507 e. The molecular formula is C25H27NO4. The highest BCUT2D eigenvalue weighted by molar-refractivity contribution is 6.46. The van der Waals surface area contributed by atoms with Crippen molar-refractivity contribution in [3.05, 3.63) is 70.8 Å². The van der Waals surface area contributed by atoms with Gasteiger partial charge in [-0.25, -0.2) is 0 Å². The summed E-state index contributed by atoms with van der Waals surface area (Å²) in [4.78, 5) is 27.8. The number of aliphatic hydroxyl groups excluding tert-OH is 1. The van der Waals surface area contributed by atoms with Crippen LogP contribution in [-0.2, 0) is 9.59 Å². The SMILES string of the molecule is CCOc1ccc(/C(O)=C2/C(=O)C(=O)N(C3CCCC3)C2c2ccccc2)cc1C. The third-order valence-corrected chi connectivity index (χ3v) is 6.06. The maximum atomic E-state index is 13.1. The number of carbonyl (C=O) groups is 2. The van der Waals surface area contributed by atoms with Gasteiger partial charge in [-0.15, -0.1) is 0 Å². The van der Waals surface area contributed by atoms with Gasteiger partial charge in [0.05, 0.1) is 18.2 Å². The molecule has 2 aliphatic rings. The summed E-state index contributed by atoms with van der Waals surface area (Å²) in [5, 5.41) is 11.2. The van der Waals surface area contributed by atoms with Crippen LogP contribution < -0.4 is 4.74 Å². The summed E-state index contributed by atoms with van der Waals surface area (Å²) in [5.41, 5.74) is 2.39. The molecule has 4 rings (SSSR count). The van der Waals surface area contributed by atoms with E-state index >= 15 is 0 Å². The summed E-state index contributed by atoms with van der Waals surface area (Å²) >= 11 is 0. The Balaban J connectivity index is 1.84. The van der Waals surface area contributed by atoms with Gasteiger partial charge < -0.3 is 14.7 Å². The number of Topliss-reactive ketones (excluding diaryl/α,β-unsaturated/α-hetero) is 1. The van der Waals surface area contributed by atoms with E-state index in [0.29, 0.717) is 12.2 Å². The van der Waals surface area contributed by atoms with Crippen molar-refractivity contribution in [3.8, 4) is 5.75 Å². The Bertz CT molecular complexity index is 989. The molecule has 30 heavy (non-hydrogen) atoms. The summed E-state index contributed by atoms with van der Waals surface area (Å²) < 4.78 is 5.58. The number of ketones is 1. The first-order valence-corrected chi connectivity index (χ1v) is 10.6. The van der Waals surface area contributed by atoms with Gasteiger partial charge in [-0.1, -0.05) is 43.2 Å². The van der Waals surface area contributed by atoms with E-state index < -0.39 is 17.7 Å². The Morgan fingerprint density at radius 2 is 1.80 bits per heavy atom. The van der Waals surface area contributed by atoms with E-state index in [1.54, 1.807) is 23.1 Å². The first-order chi connectivity index (χ1) is 14.5. The number of hydrogen-bond donors (Lipinski definition) is 1. The lowest BCUT2D eigenvalue weighted by atomic mass is 9.94. The van der Waals surface area contributed by atoms with Crippen LogP contribution in [0.3, 0.4) is 0 Å². The molecule has 1 saturated carbocycles. The number of nitrogens with zero attached hydrogens (tertiary/aromatic N) is 1. The third kappa shape index (κ3) is 3.49. The van der Waals surface area contributed by atoms with Gasteiger partial charge >= 0.3 is 0 Å². The van der Waals surface area contributed by atoms with Crippen molar-refractivity contribution in [2.45, 2.75) is 51.6 Å². The van der Waals surface area contributed by atoms with Gasteiger partial charge in [-0.3, -0.25) is 9.59 Å². The molecule has 0 spiro atoms. The van der Waals surface area contributed by atoms with Crippen LogP contribution in [0.15, 0.2) is 54.1 Å². The summed E-state index contributed by atoms with van der Waals surface area (Å²) in [5.74, 6) is -0.520. The highest BCUT2D eigenvalue weighted by atomic mass is 16.5. The fraction of sp³-hybridized carbons (Fsp3) is 0.360. The summed E-state index contributed by atoms with van der Waals surface area (Å²) in [6.07, 6.45) is 3.87. The van der Waals surface area contributed by atoms with Gasteiger partial charge in [0, 0.05) is 11.6 Å². The van der Waals surface area contributed by atoms with Gasteiger partial charge in [0.25, 0.3) is 11.7 Å². The summed E-state index contributed by atoms with van der Waals surface area (Å²) in [6, 6.07) is 14.3. The second-order valence-electron chi connectivity index (χ2n) is 7.97. The van der Waals surface area contributed by atoms with Crippen molar-refractivity contribution in [3.63, 3.8) is 0 Å². The van der Waals surface area contributed by atoms with Gasteiger partial charge in [0.1, 0.15) is 11.5 Å². The van der Waals surface area contributed by atoms with Crippen LogP contribution in [0.5, 0.6) is 5.75 Å². The van der Waals surface area contributed by atoms with Crippen LogP contribution in [0.4, 0.5) is 0 Å². The normalized spacial score (nSPS) is 21.4. The molecule has 5 heteroatoms. The number of aryl methyl sites for hydroxylation is 1. The zero-order valence-electron chi connectivity index (χ0n) is 17.4. The molecule has 1 unspecified atom stereocenters. The quantitative estimate of drug-likeness (QED) is 0.443. The van der Waals surface area contributed by atoms with Crippen LogP contribution in [0.2, 0.25) is 0 Å². The van der Waals surface area contributed by atoms with E-state index in [4.69, 9.17) is 4.74 Å². The van der Waals surface area contributed by atoms with E-state index in [-0.39, 0.29) is 17.4 Å². The Morgan fingerprint density at radius 3 is 2.43 bits per heavy atom. The summed E-state index contributed by atoms with van der Waals surface area (Å²) in [6.45, 7) is 4.36. The number of hydrogen-bond acceptors (Lipinski definition) is 4. The van der Waals surface area contributed by atoms with E-state index in [1.807, 2.05) is 44.2 Å². The van der Waals surface area contributed by atoms with Gasteiger partial charge in [-0.05, 0) is 56.0 Å². The molecule has 1 atom stereocenters. The van der Waals surface area contributed by atoms with Gasteiger partial charge in [0.2, 0.25) is 0 Å². The number of aliphatic hydroxyl groups is 1. The molecule has 1 saturated heterocycles. The number of rotatable bonds is 5. The minimum absolute atomic E-state index is 0.0269. The monoisotopic (exact) mass is 405 g/mol. The first kappa shape index (κ1) is 20.2. The molecule has 5 nitrogen and oxygen atoms in total. The maximum absolute atomic E-state index is 13.1. The molecule has 2 aromatic rings. The highest BCUT2D eigenvalue weighted by Crippen LogP contribution is 2.43. The Labute approximate surface area is 177 Å². The predicted molar refractivity (Wildman–Crippen MR) is 115 cm³/mol. The van der Waals surface area contributed by atoms with Crippen LogP contribution in [0, 0.1) is 6.92 Å². The average molecular weight is 405 g/mol. The van der Waals surface area contributed by atoms with Crippen molar-refractivity contribution in [1.82, 2.24) is 4.90 Å². The van der Waals surface area contributed by atoms with Crippen molar-refractivity contribution in [2.75, 3.05) is 6.61 Å². The van der Waals surface area contributed by atoms with E-state index in [9.17, 15) is 14.7 Å². The lowest BCUT2D eigenvalue weighted by Crippen LogP contribution is -2.37. The predicted octanol–water partition coefficient (Wildman–Crippen LogP) is 4.76. The van der Waals surface area contributed by atoms with Crippen molar-refractivity contribution in [2.24, 2.45) is 0 Å². The van der Waals surface area contributed by atoms with Crippen LogP contribution in [0.1, 0.15) is 55.3 Å². The maximum Gasteiger partial charge on any atom is 0.295 e. The fourth-order valence-electron chi connectivity index (χ4n) is 4.64. The van der Waals surface area contributed by atoms with Crippen molar-refractivity contribution in [1.29, 1.82) is 0 Å². The van der Waals surface area contributed by atoms with E-state index in [0.717, 1.165) is 42.6 Å². The number of amides is 1. The van der Waals surface area contributed by atoms with Crippen molar-refractivity contribution < 1.29 is 19.4 Å². The minimum Gasteiger partial charge on any atom is -0.507 e. The standard InChI is InChI=1S/C25H27NO4/c1-3-30-20-14-13-18(15-16(20)2)23(27)21-22(17-9-5-4-6-10-17)26(25(29)24(21)28)19-11-7-8-12-19/h4-6,9-10,13-15,19,22,27H,3,7-8,11-12H2,1-2H3/b23-21-. The zero-order valence-corrected chi connectivity index (χ0v) is 17.4. The summed E-state index contributed by atoms with van der Waals surface area (Å²) in [7, 11) is 0. The molecule has 1 heterocycles. The number of carbonyl (C=O) groups excluding carboxylic acids is 2. The molecule has 0 radical (unpaired) electrons. The van der Waals surface area contributed by atoms with Gasteiger partial charge in [-0.2, -0.15) is 0 Å². The molecule has 0 bridgehead atoms. The molecular weight excluding hydrogens is 378 g/mol. The zero-order chi connectivity index (χ0) is 21.3. The molecule has 0 aromatic heterocycles. The Morgan fingerprint density at radius 1 is 1.10 bits per heavy atom. The van der Waals surface area contributed by atoms with Crippen LogP contribution in [-0.4, -0.2) is 34.3 Å². The lowest BCUT2D eigenvalue weighted by molar-refractivity contribution is -0.141. The van der Waals surface area contributed by atoms with Crippen LogP contribution in [0.25, 0.3) is 5.76 Å². The first-order valence-electron chi connectivity index (χ1n) is 10.6. The molecule has 2 fully saturated rings. The smallest absolute Gasteiger partial charge is 0.295 e. The second kappa shape index (κ2) is 8.34. The van der Waals surface area contributed by atoms with Crippen molar-refractivity contribution >= 4 is 17.4 Å². The van der Waals surface area contributed by atoms with Gasteiger partial charge in [0.15, 0.2) is 0 Å². The highest BCUT2D eigenvalue weighted by Gasteiger charge is 2.49. The number of likely N-dealkylation sites (tertiary alicyclic amines) is 1. The second-order valence-corrected chi connectivity index (χ2v) is 7.97. The lowest BCUT2D eigenvalue weighted by Gasteiger charge is -2.30. The van der Waals surface area contributed by atoms with E-state index in [1.165, 1.54) is 0 Å².